The molecular formula is C29H27NO4. The highest BCUT2D eigenvalue weighted by Gasteiger charge is 2.07. The first-order valence-electron chi connectivity index (χ1n) is 11.3. The zero-order valence-electron chi connectivity index (χ0n) is 18.9. The van der Waals surface area contributed by atoms with Gasteiger partial charge in [0.25, 0.3) is 5.91 Å². The van der Waals surface area contributed by atoms with Gasteiger partial charge < -0.3 is 19.5 Å². The van der Waals surface area contributed by atoms with Crippen LogP contribution in [-0.2, 0) is 6.42 Å². The van der Waals surface area contributed by atoms with Crippen LogP contribution in [0.2, 0.25) is 0 Å². The van der Waals surface area contributed by atoms with Gasteiger partial charge in [-0.25, -0.2) is 0 Å². The third-order valence-corrected chi connectivity index (χ3v) is 5.07. The number of carbonyl (C=O) groups excluding carboxylic acids is 1. The van der Waals surface area contributed by atoms with Crippen LogP contribution < -0.4 is 19.5 Å². The molecule has 0 heterocycles. The molecule has 0 aromatic heterocycles. The standard InChI is InChI=1S/C29H27NO4/c31-29(24-14-16-27(17-15-24)34-21-20-33-26-11-5-2-6-12-26)30-25-10-7-13-28(22-25)32-19-18-23-8-3-1-4-9-23/h1-17,22H,18-21H2,(H,30,31). The molecule has 4 aromatic carbocycles. The predicted octanol–water partition coefficient (Wildman–Crippen LogP) is 6.02. The molecule has 0 radical (unpaired) electrons. The summed E-state index contributed by atoms with van der Waals surface area (Å²) in [5, 5.41) is 2.92. The highest BCUT2D eigenvalue weighted by atomic mass is 16.5. The molecule has 0 saturated carbocycles. The third-order valence-electron chi connectivity index (χ3n) is 5.07. The zero-order chi connectivity index (χ0) is 23.4. The molecule has 34 heavy (non-hydrogen) atoms. The number of rotatable bonds is 11. The lowest BCUT2D eigenvalue weighted by Gasteiger charge is -2.10. The second kappa shape index (κ2) is 12.1. The van der Waals surface area contributed by atoms with E-state index in [-0.39, 0.29) is 5.91 Å². The van der Waals surface area contributed by atoms with Gasteiger partial charge in [0.1, 0.15) is 30.5 Å². The molecule has 0 aliphatic heterocycles. The van der Waals surface area contributed by atoms with Crippen molar-refractivity contribution in [2.75, 3.05) is 25.1 Å². The van der Waals surface area contributed by atoms with Gasteiger partial charge in [0, 0.05) is 23.7 Å². The molecule has 0 atom stereocenters. The molecule has 5 heteroatoms. The van der Waals surface area contributed by atoms with Crippen molar-refractivity contribution in [2.24, 2.45) is 0 Å². The van der Waals surface area contributed by atoms with Gasteiger partial charge in [-0.1, -0.05) is 54.6 Å². The van der Waals surface area contributed by atoms with Crippen LogP contribution in [0.1, 0.15) is 15.9 Å². The minimum atomic E-state index is -0.194. The van der Waals surface area contributed by atoms with Crippen LogP contribution in [0, 0.1) is 0 Å². The molecule has 0 aliphatic rings. The fourth-order valence-corrected chi connectivity index (χ4v) is 3.34. The Bertz CT molecular complexity index is 1160. The largest absolute Gasteiger partial charge is 0.493 e. The molecule has 0 saturated heterocycles. The molecule has 0 aliphatic carbocycles. The summed E-state index contributed by atoms with van der Waals surface area (Å²) in [5.74, 6) is 2.02. The average Bonchev–Trinajstić information content (AvgIpc) is 2.88. The summed E-state index contributed by atoms with van der Waals surface area (Å²) in [6.45, 7) is 1.42. The van der Waals surface area contributed by atoms with E-state index in [0.717, 1.165) is 17.9 Å². The first-order chi connectivity index (χ1) is 16.8. The van der Waals surface area contributed by atoms with Crippen LogP contribution in [0.4, 0.5) is 5.69 Å². The SMILES string of the molecule is O=C(Nc1cccc(OCCc2ccccc2)c1)c1ccc(OCCOc2ccccc2)cc1. The number of amides is 1. The van der Waals surface area contributed by atoms with E-state index in [4.69, 9.17) is 14.2 Å². The Morgan fingerprint density at radius 1 is 0.588 bits per heavy atom. The number of benzene rings is 4. The van der Waals surface area contributed by atoms with E-state index in [2.05, 4.69) is 17.4 Å². The number of para-hydroxylation sites is 1. The topological polar surface area (TPSA) is 56.8 Å². The van der Waals surface area contributed by atoms with Crippen LogP contribution in [0.15, 0.2) is 109 Å². The van der Waals surface area contributed by atoms with Gasteiger partial charge in [0.05, 0.1) is 6.61 Å². The first-order valence-corrected chi connectivity index (χ1v) is 11.3. The first kappa shape index (κ1) is 22.9. The predicted molar refractivity (Wildman–Crippen MR) is 134 cm³/mol. The van der Waals surface area contributed by atoms with E-state index in [1.54, 1.807) is 24.3 Å². The lowest BCUT2D eigenvalue weighted by molar-refractivity contribution is 0.102. The van der Waals surface area contributed by atoms with Crippen molar-refractivity contribution < 1.29 is 19.0 Å². The smallest absolute Gasteiger partial charge is 0.255 e. The van der Waals surface area contributed by atoms with Gasteiger partial charge in [-0.2, -0.15) is 0 Å². The normalized spacial score (nSPS) is 10.4. The Labute approximate surface area is 199 Å². The van der Waals surface area contributed by atoms with E-state index in [9.17, 15) is 4.79 Å². The van der Waals surface area contributed by atoms with Crippen LogP contribution in [-0.4, -0.2) is 25.7 Å². The number of carbonyl (C=O) groups is 1. The van der Waals surface area contributed by atoms with Gasteiger partial charge in [0.2, 0.25) is 0 Å². The minimum absolute atomic E-state index is 0.194. The van der Waals surface area contributed by atoms with Gasteiger partial charge in [0.15, 0.2) is 0 Å². The molecule has 5 nitrogen and oxygen atoms in total. The van der Waals surface area contributed by atoms with Gasteiger partial charge in [-0.05, 0) is 54.1 Å². The van der Waals surface area contributed by atoms with Crippen molar-refractivity contribution in [3.63, 3.8) is 0 Å². The Balaban J connectivity index is 1.22. The van der Waals surface area contributed by atoms with Crippen LogP contribution in [0.5, 0.6) is 17.2 Å². The molecule has 0 unspecified atom stereocenters. The molecule has 172 valence electrons. The second-order valence-corrected chi connectivity index (χ2v) is 7.60. The van der Waals surface area contributed by atoms with Crippen LogP contribution in [0.3, 0.4) is 0 Å². The maximum Gasteiger partial charge on any atom is 0.255 e. The van der Waals surface area contributed by atoms with Crippen LogP contribution in [0.25, 0.3) is 0 Å². The average molecular weight is 454 g/mol. The van der Waals surface area contributed by atoms with E-state index in [1.807, 2.05) is 72.8 Å². The second-order valence-electron chi connectivity index (χ2n) is 7.60. The summed E-state index contributed by atoms with van der Waals surface area (Å²) < 4.78 is 17.2. The van der Waals surface area contributed by atoms with E-state index in [1.165, 1.54) is 5.56 Å². The summed E-state index contributed by atoms with van der Waals surface area (Å²) in [6, 6.07) is 34.2. The van der Waals surface area contributed by atoms with E-state index >= 15 is 0 Å². The Hall–Kier alpha value is -4.25. The monoisotopic (exact) mass is 453 g/mol. The summed E-state index contributed by atoms with van der Waals surface area (Å²) in [6.07, 6.45) is 0.824. The molecule has 4 rings (SSSR count). The molecular weight excluding hydrogens is 426 g/mol. The maximum absolute atomic E-state index is 12.6. The number of ether oxygens (including phenoxy) is 3. The highest BCUT2D eigenvalue weighted by molar-refractivity contribution is 6.04. The lowest BCUT2D eigenvalue weighted by atomic mass is 10.2. The molecule has 4 aromatic rings. The van der Waals surface area contributed by atoms with Crippen molar-refractivity contribution in [3.8, 4) is 17.2 Å². The molecule has 0 spiro atoms. The fourth-order valence-electron chi connectivity index (χ4n) is 3.34. The molecule has 1 amide bonds. The van der Waals surface area contributed by atoms with Crippen molar-refractivity contribution in [3.05, 3.63) is 120 Å². The lowest BCUT2D eigenvalue weighted by Crippen LogP contribution is -2.12. The van der Waals surface area contributed by atoms with Crippen LogP contribution >= 0.6 is 0 Å². The van der Waals surface area contributed by atoms with Crippen molar-refractivity contribution in [2.45, 2.75) is 6.42 Å². The van der Waals surface area contributed by atoms with Gasteiger partial charge in [-0.3, -0.25) is 4.79 Å². The Kier molecular flexibility index (Phi) is 8.17. The van der Waals surface area contributed by atoms with Crippen molar-refractivity contribution in [1.82, 2.24) is 0 Å². The maximum atomic E-state index is 12.6. The zero-order valence-corrected chi connectivity index (χ0v) is 18.9. The third kappa shape index (κ3) is 7.14. The quantitative estimate of drug-likeness (QED) is 0.282. The van der Waals surface area contributed by atoms with Gasteiger partial charge in [-0.15, -0.1) is 0 Å². The highest BCUT2D eigenvalue weighted by Crippen LogP contribution is 2.19. The Morgan fingerprint density at radius 3 is 1.88 bits per heavy atom. The fraction of sp³-hybridized carbons (Fsp3) is 0.138. The number of anilines is 1. The summed E-state index contributed by atoms with van der Waals surface area (Å²) >= 11 is 0. The number of nitrogens with one attached hydrogen (secondary N) is 1. The van der Waals surface area contributed by atoms with E-state index in [0.29, 0.717) is 36.8 Å². The molecule has 1 N–H and O–H groups in total. The summed E-state index contributed by atoms with van der Waals surface area (Å²) in [7, 11) is 0. The minimum Gasteiger partial charge on any atom is -0.493 e. The van der Waals surface area contributed by atoms with Gasteiger partial charge >= 0.3 is 0 Å². The van der Waals surface area contributed by atoms with Crippen molar-refractivity contribution in [1.29, 1.82) is 0 Å². The summed E-state index contributed by atoms with van der Waals surface area (Å²) in [4.78, 5) is 12.6. The number of hydrogen-bond acceptors (Lipinski definition) is 4. The van der Waals surface area contributed by atoms with Crippen molar-refractivity contribution >= 4 is 11.6 Å². The molecule has 0 bridgehead atoms. The summed E-state index contributed by atoms with van der Waals surface area (Å²) in [5.41, 5.74) is 2.45. The molecule has 0 fully saturated rings. The Morgan fingerprint density at radius 2 is 1.18 bits per heavy atom. The number of hydrogen-bond donors (Lipinski definition) is 1. The van der Waals surface area contributed by atoms with E-state index < -0.39 is 0 Å².